The van der Waals surface area contributed by atoms with Crippen molar-refractivity contribution >= 4 is 27.5 Å². The van der Waals surface area contributed by atoms with E-state index in [9.17, 15) is 13.2 Å². The number of nitrogens with one attached hydrogen (secondary N) is 2. The second-order valence-corrected chi connectivity index (χ2v) is 7.33. The maximum atomic E-state index is 12.2. The van der Waals surface area contributed by atoms with Gasteiger partial charge in [0.15, 0.2) is 0 Å². The number of carbonyl (C=O) groups is 1. The Morgan fingerprint density at radius 3 is 2.68 bits per heavy atom. The van der Waals surface area contributed by atoms with Crippen molar-refractivity contribution < 1.29 is 17.9 Å². The van der Waals surface area contributed by atoms with Gasteiger partial charge in [-0.25, -0.2) is 8.42 Å². The summed E-state index contributed by atoms with van der Waals surface area (Å²) in [6.45, 7) is 2.60. The molecule has 2 atom stereocenters. The topological polar surface area (TPSA) is 84.5 Å². The van der Waals surface area contributed by atoms with E-state index in [2.05, 4.69) is 10.0 Å². The summed E-state index contributed by atoms with van der Waals surface area (Å²) in [4.78, 5) is 12.0. The first-order valence-electron chi connectivity index (χ1n) is 7.06. The standard InChI is InChI=1S/C14H19ClN2O4S/c1-10(14(18)16-9-12-3-2-8-21-12)17-22(19,20)13-6-4-11(15)5-7-13/h4-7,10,12,17H,2-3,8-9H2,1H3,(H,16,18)/t10-,12+/m1/s1. The summed E-state index contributed by atoms with van der Waals surface area (Å²) in [7, 11) is -3.76. The van der Waals surface area contributed by atoms with Gasteiger partial charge in [-0.1, -0.05) is 11.6 Å². The van der Waals surface area contributed by atoms with Crippen molar-refractivity contribution in [2.75, 3.05) is 13.2 Å². The Morgan fingerprint density at radius 1 is 1.41 bits per heavy atom. The molecule has 1 amide bonds. The van der Waals surface area contributed by atoms with Crippen molar-refractivity contribution in [1.82, 2.24) is 10.0 Å². The SMILES string of the molecule is C[C@@H](NS(=O)(=O)c1ccc(Cl)cc1)C(=O)NC[C@@H]1CCCO1. The third kappa shape index (κ3) is 4.67. The van der Waals surface area contributed by atoms with Gasteiger partial charge in [-0.15, -0.1) is 0 Å². The summed E-state index contributed by atoms with van der Waals surface area (Å²) in [5.41, 5.74) is 0. The monoisotopic (exact) mass is 346 g/mol. The average molecular weight is 347 g/mol. The predicted octanol–water partition coefficient (Wildman–Crippen LogP) is 1.30. The lowest BCUT2D eigenvalue weighted by Crippen LogP contribution is -2.46. The molecule has 0 saturated carbocycles. The van der Waals surface area contributed by atoms with Crippen LogP contribution in [0.15, 0.2) is 29.2 Å². The minimum absolute atomic E-state index is 0.0176. The molecule has 1 fully saturated rings. The van der Waals surface area contributed by atoms with Crippen molar-refractivity contribution in [3.8, 4) is 0 Å². The highest BCUT2D eigenvalue weighted by atomic mass is 35.5. The smallest absolute Gasteiger partial charge is 0.241 e. The van der Waals surface area contributed by atoms with E-state index in [4.69, 9.17) is 16.3 Å². The molecule has 0 bridgehead atoms. The first-order chi connectivity index (χ1) is 10.4. The van der Waals surface area contributed by atoms with Crippen LogP contribution >= 0.6 is 11.6 Å². The number of sulfonamides is 1. The summed E-state index contributed by atoms with van der Waals surface area (Å²) >= 11 is 5.73. The number of halogens is 1. The van der Waals surface area contributed by atoms with Gasteiger partial charge in [-0.3, -0.25) is 4.79 Å². The summed E-state index contributed by atoms with van der Waals surface area (Å²) in [6, 6.07) is 4.88. The van der Waals surface area contributed by atoms with Crippen LogP contribution in [0.4, 0.5) is 0 Å². The second-order valence-electron chi connectivity index (χ2n) is 5.18. The van der Waals surface area contributed by atoms with Crippen LogP contribution in [0.2, 0.25) is 5.02 Å². The van der Waals surface area contributed by atoms with Crippen LogP contribution in [0.1, 0.15) is 19.8 Å². The Kier molecular flexibility index (Phi) is 5.80. The van der Waals surface area contributed by atoms with E-state index in [0.29, 0.717) is 18.2 Å². The van der Waals surface area contributed by atoms with Gasteiger partial charge in [0, 0.05) is 18.2 Å². The van der Waals surface area contributed by atoms with Crippen LogP contribution in [0.3, 0.4) is 0 Å². The maximum Gasteiger partial charge on any atom is 0.241 e. The minimum atomic E-state index is -3.76. The fourth-order valence-corrected chi connectivity index (χ4v) is 3.47. The van der Waals surface area contributed by atoms with E-state index in [1.807, 2.05) is 0 Å². The minimum Gasteiger partial charge on any atom is -0.376 e. The van der Waals surface area contributed by atoms with Gasteiger partial charge in [-0.05, 0) is 44.0 Å². The normalized spacial score (nSPS) is 19.8. The molecule has 1 aliphatic heterocycles. The Morgan fingerprint density at radius 2 is 2.09 bits per heavy atom. The average Bonchev–Trinajstić information content (AvgIpc) is 2.98. The number of hydrogen-bond donors (Lipinski definition) is 2. The van der Waals surface area contributed by atoms with E-state index in [1.54, 1.807) is 0 Å². The molecular formula is C14H19ClN2O4S. The molecule has 6 nitrogen and oxygen atoms in total. The Labute approximate surface area is 135 Å². The molecule has 1 heterocycles. The molecule has 1 aromatic carbocycles. The van der Waals surface area contributed by atoms with Crippen LogP contribution < -0.4 is 10.0 Å². The van der Waals surface area contributed by atoms with Crippen LogP contribution in [-0.4, -0.2) is 39.6 Å². The molecule has 1 aliphatic rings. The summed E-state index contributed by atoms with van der Waals surface area (Å²) < 4.78 is 32.1. The summed E-state index contributed by atoms with van der Waals surface area (Å²) in [6.07, 6.45) is 1.91. The number of rotatable bonds is 6. The zero-order valence-corrected chi connectivity index (χ0v) is 13.8. The molecule has 0 spiro atoms. The van der Waals surface area contributed by atoms with Crippen molar-refractivity contribution in [3.63, 3.8) is 0 Å². The van der Waals surface area contributed by atoms with Crippen LogP contribution in [0.25, 0.3) is 0 Å². The quantitative estimate of drug-likeness (QED) is 0.813. The number of ether oxygens (including phenoxy) is 1. The molecule has 1 aromatic rings. The number of benzene rings is 1. The van der Waals surface area contributed by atoms with Crippen LogP contribution in [-0.2, 0) is 19.6 Å². The summed E-state index contributed by atoms with van der Waals surface area (Å²) in [5, 5.41) is 3.14. The highest BCUT2D eigenvalue weighted by Crippen LogP contribution is 2.14. The van der Waals surface area contributed by atoms with Crippen molar-refractivity contribution in [2.24, 2.45) is 0 Å². The lowest BCUT2D eigenvalue weighted by atomic mass is 10.2. The molecule has 0 aromatic heterocycles. The Balaban J connectivity index is 1.90. The van der Waals surface area contributed by atoms with Crippen LogP contribution in [0, 0.1) is 0 Å². The highest BCUT2D eigenvalue weighted by molar-refractivity contribution is 7.89. The van der Waals surface area contributed by atoms with E-state index in [0.717, 1.165) is 12.8 Å². The lowest BCUT2D eigenvalue weighted by Gasteiger charge is -2.16. The van der Waals surface area contributed by atoms with Gasteiger partial charge in [-0.2, -0.15) is 4.72 Å². The molecule has 0 unspecified atom stereocenters. The van der Waals surface area contributed by atoms with Gasteiger partial charge in [0.05, 0.1) is 17.0 Å². The fraction of sp³-hybridized carbons (Fsp3) is 0.500. The molecule has 22 heavy (non-hydrogen) atoms. The van der Waals surface area contributed by atoms with E-state index in [1.165, 1.54) is 31.2 Å². The zero-order chi connectivity index (χ0) is 16.2. The Bertz CT molecular complexity index is 612. The van der Waals surface area contributed by atoms with Crippen molar-refractivity contribution in [1.29, 1.82) is 0 Å². The van der Waals surface area contributed by atoms with Gasteiger partial charge in [0.1, 0.15) is 0 Å². The molecule has 2 N–H and O–H groups in total. The molecule has 2 rings (SSSR count). The maximum absolute atomic E-state index is 12.2. The first kappa shape index (κ1) is 17.2. The second kappa shape index (κ2) is 7.41. The van der Waals surface area contributed by atoms with E-state index >= 15 is 0 Å². The van der Waals surface area contributed by atoms with Gasteiger partial charge in [0.25, 0.3) is 0 Å². The van der Waals surface area contributed by atoms with Crippen molar-refractivity contribution in [3.05, 3.63) is 29.3 Å². The van der Waals surface area contributed by atoms with E-state index in [-0.39, 0.29) is 16.9 Å². The molecule has 0 aliphatic carbocycles. The van der Waals surface area contributed by atoms with Crippen LogP contribution in [0.5, 0.6) is 0 Å². The van der Waals surface area contributed by atoms with Gasteiger partial charge in [0.2, 0.25) is 15.9 Å². The fourth-order valence-electron chi connectivity index (χ4n) is 2.14. The highest BCUT2D eigenvalue weighted by Gasteiger charge is 2.23. The van der Waals surface area contributed by atoms with Gasteiger partial charge < -0.3 is 10.1 Å². The largest absolute Gasteiger partial charge is 0.376 e. The lowest BCUT2D eigenvalue weighted by molar-refractivity contribution is -0.122. The van der Waals surface area contributed by atoms with Crippen molar-refractivity contribution in [2.45, 2.75) is 36.8 Å². The molecule has 8 heteroatoms. The molecule has 0 radical (unpaired) electrons. The first-order valence-corrected chi connectivity index (χ1v) is 8.92. The third-order valence-electron chi connectivity index (χ3n) is 3.38. The summed E-state index contributed by atoms with van der Waals surface area (Å²) in [5.74, 6) is -0.381. The van der Waals surface area contributed by atoms with E-state index < -0.39 is 16.1 Å². The zero-order valence-electron chi connectivity index (χ0n) is 12.2. The molecule has 122 valence electrons. The number of amides is 1. The molecular weight excluding hydrogens is 328 g/mol. The molecule has 1 saturated heterocycles. The third-order valence-corrected chi connectivity index (χ3v) is 5.19. The van der Waals surface area contributed by atoms with Gasteiger partial charge >= 0.3 is 0 Å². The number of hydrogen-bond acceptors (Lipinski definition) is 4. The number of carbonyl (C=O) groups excluding carboxylic acids is 1. The predicted molar refractivity (Wildman–Crippen MR) is 83.2 cm³/mol. The Hall–Kier alpha value is -1.15.